The molecule has 2 atom stereocenters. The Bertz CT molecular complexity index is 1240. The standard InChI is InChI=1S/C32H36OP2/c1-6-32(5,29-21-23(2)20-25(4)30(29)33)34-31-24(3)14-13-15-26(31)22-35(27-16-9-7-10-17-27)28-18-11-8-12-19-28/h7-21,33-34H,6,22H2,1-5H3. The predicted molar refractivity (Wildman–Crippen MR) is 157 cm³/mol. The first kappa shape index (κ1) is 25.6. The molecule has 0 aliphatic carbocycles. The molecule has 0 saturated carbocycles. The molecule has 0 radical (unpaired) electrons. The molecule has 4 aromatic carbocycles. The van der Waals surface area contributed by atoms with Gasteiger partial charge in [-0.25, -0.2) is 0 Å². The Balaban J connectivity index is 1.77. The first-order valence-corrected chi connectivity index (χ1v) is 14.9. The van der Waals surface area contributed by atoms with Crippen molar-refractivity contribution in [1.82, 2.24) is 0 Å². The van der Waals surface area contributed by atoms with Crippen LogP contribution in [0.15, 0.2) is 91.0 Å². The molecule has 0 heterocycles. The van der Waals surface area contributed by atoms with Crippen LogP contribution in [0.5, 0.6) is 5.75 Å². The maximum Gasteiger partial charge on any atom is 0.122 e. The number of phenolic OH excluding ortho intramolecular Hbond substituents is 1. The number of hydrogen-bond donors (Lipinski definition) is 1. The summed E-state index contributed by atoms with van der Waals surface area (Å²) in [7, 11) is 0.0607. The van der Waals surface area contributed by atoms with Crippen molar-refractivity contribution in [2.45, 2.75) is 52.4 Å². The number of benzene rings is 4. The summed E-state index contributed by atoms with van der Waals surface area (Å²) < 4.78 is 0. The normalized spacial score (nSPS) is 13.4. The van der Waals surface area contributed by atoms with Gasteiger partial charge in [-0.3, -0.25) is 0 Å². The fourth-order valence-corrected chi connectivity index (χ4v) is 8.91. The summed E-state index contributed by atoms with van der Waals surface area (Å²) in [5, 5.41) is 15.2. The number of aromatic hydroxyl groups is 1. The summed E-state index contributed by atoms with van der Waals surface area (Å²) >= 11 is 0. The van der Waals surface area contributed by atoms with E-state index in [0.29, 0.717) is 14.3 Å². The van der Waals surface area contributed by atoms with Gasteiger partial charge >= 0.3 is 0 Å². The van der Waals surface area contributed by atoms with Gasteiger partial charge in [0, 0.05) is 16.9 Å². The zero-order valence-corrected chi connectivity index (χ0v) is 23.4. The summed E-state index contributed by atoms with van der Waals surface area (Å²) in [6.45, 7) is 11.0. The third-order valence-corrected chi connectivity index (χ3v) is 11.6. The zero-order valence-electron chi connectivity index (χ0n) is 21.5. The molecular weight excluding hydrogens is 462 g/mol. The van der Waals surface area contributed by atoms with Crippen LogP contribution in [0.2, 0.25) is 0 Å². The Kier molecular flexibility index (Phi) is 8.11. The number of rotatable bonds is 8. The van der Waals surface area contributed by atoms with Gasteiger partial charge in [-0.15, -0.1) is 0 Å². The van der Waals surface area contributed by atoms with Crippen molar-refractivity contribution >= 4 is 32.4 Å². The third-order valence-electron chi connectivity index (χ3n) is 6.97. The number of phenols is 1. The van der Waals surface area contributed by atoms with Gasteiger partial charge in [0.1, 0.15) is 5.75 Å². The van der Waals surface area contributed by atoms with Gasteiger partial charge in [-0.05, 0) is 67.7 Å². The van der Waals surface area contributed by atoms with Crippen molar-refractivity contribution in [2.75, 3.05) is 0 Å². The van der Waals surface area contributed by atoms with E-state index in [2.05, 4.69) is 119 Å². The second-order valence-corrected chi connectivity index (χ2v) is 13.7. The van der Waals surface area contributed by atoms with E-state index in [4.69, 9.17) is 0 Å². The van der Waals surface area contributed by atoms with E-state index in [1.165, 1.54) is 32.6 Å². The summed E-state index contributed by atoms with van der Waals surface area (Å²) in [6.07, 6.45) is 1.99. The van der Waals surface area contributed by atoms with Crippen LogP contribution in [0.4, 0.5) is 0 Å². The number of aryl methyl sites for hydroxylation is 3. The largest absolute Gasteiger partial charge is 0.507 e. The van der Waals surface area contributed by atoms with Crippen molar-refractivity contribution in [3.05, 3.63) is 119 Å². The van der Waals surface area contributed by atoms with Gasteiger partial charge in [-0.1, -0.05) is 119 Å². The van der Waals surface area contributed by atoms with E-state index in [-0.39, 0.29) is 5.16 Å². The first-order chi connectivity index (χ1) is 16.8. The van der Waals surface area contributed by atoms with Crippen LogP contribution in [-0.4, -0.2) is 5.11 Å². The van der Waals surface area contributed by atoms with E-state index in [9.17, 15) is 5.11 Å². The zero-order chi connectivity index (χ0) is 25.0. The van der Waals surface area contributed by atoms with Gasteiger partial charge in [-0.2, -0.15) is 0 Å². The second kappa shape index (κ2) is 11.1. The molecule has 0 spiro atoms. The summed E-state index contributed by atoms with van der Waals surface area (Å²) in [5.41, 5.74) is 6.04. The maximum absolute atomic E-state index is 11.1. The van der Waals surface area contributed by atoms with Gasteiger partial charge in [0.25, 0.3) is 0 Å². The Labute approximate surface area is 214 Å². The maximum atomic E-state index is 11.1. The Morgan fingerprint density at radius 3 is 1.94 bits per heavy atom. The molecule has 180 valence electrons. The lowest BCUT2D eigenvalue weighted by atomic mass is 9.93. The fraction of sp³-hybridized carbons (Fsp3) is 0.250. The van der Waals surface area contributed by atoms with Crippen LogP contribution in [0.25, 0.3) is 0 Å². The lowest BCUT2D eigenvalue weighted by Crippen LogP contribution is -2.23. The fourth-order valence-electron chi connectivity index (χ4n) is 4.76. The topological polar surface area (TPSA) is 20.2 Å². The van der Waals surface area contributed by atoms with E-state index in [1.807, 2.05) is 6.92 Å². The minimum absolute atomic E-state index is 0.121. The summed E-state index contributed by atoms with van der Waals surface area (Å²) in [4.78, 5) is 0. The Hall–Kier alpha value is -2.46. The van der Waals surface area contributed by atoms with Crippen molar-refractivity contribution in [1.29, 1.82) is 0 Å². The van der Waals surface area contributed by atoms with Crippen LogP contribution in [0, 0.1) is 20.8 Å². The van der Waals surface area contributed by atoms with Crippen LogP contribution in [0.1, 0.15) is 48.1 Å². The van der Waals surface area contributed by atoms with Crippen molar-refractivity contribution < 1.29 is 5.11 Å². The highest BCUT2D eigenvalue weighted by atomic mass is 31.1. The van der Waals surface area contributed by atoms with Crippen LogP contribution in [-0.2, 0) is 11.3 Å². The van der Waals surface area contributed by atoms with Gasteiger partial charge in [0.15, 0.2) is 0 Å². The molecule has 0 bridgehead atoms. The molecule has 0 aromatic heterocycles. The summed E-state index contributed by atoms with van der Waals surface area (Å²) in [5.74, 6) is 0.457. The van der Waals surface area contributed by atoms with Crippen LogP contribution in [0.3, 0.4) is 0 Å². The minimum atomic E-state index is -0.517. The molecule has 0 amide bonds. The summed E-state index contributed by atoms with van der Waals surface area (Å²) in [6, 6.07) is 33.0. The van der Waals surface area contributed by atoms with Crippen molar-refractivity contribution in [3.8, 4) is 5.75 Å². The monoisotopic (exact) mass is 498 g/mol. The molecule has 0 aliphatic rings. The molecular formula is C32H36OP2. The lowest BCUT2D eigenvalue weighted by Gasteiger charge is -2.33. The molecule has 3 heteroatoms. The molecule has 0 saturated heterocycles. The lowest BCUT2D eigenvalue weighted by molar-refractivity contribution is 0.452. The van der Waals surface area contributed by atoms with E-state index >= 15 is 0 Å². The van der Waals surface area contributed by atoms with E-state index in [1.54, 1.807) is 0 Å². The average molecular weight is 499 g/mol. The smallest absolute Gasteiger partial charge is 0.122 e. The molecule has 35 heavy (non-hydrogen) atoms. The number of hydrogen-bond acceptors (Lipinski definition) is 1. The minimum Gasteiger partial charge on any atom is -0.507 e. The van der Waals surface area contributed by atoms with Gasteiger partial charge < -0.3 is 5.11 Å². The quantitative estimate of drug-likeness (QED) is 0.248. The molecule has 1 nitrogen and oxygen atoms in total. The highest BCUT2D eigenvalue weighted by Crippen LogP contribution is 2.49. The second-order valence-electron chi connectivity index (χ2n) is 9.65. The average Bonchev–Trinajstić information content (AvgIpc) is 2.87. The third kappa shape index (κ3) is 5.69. The van der Waals surface area contributed by atoms with Gasteiger partial charge in [0.05, 0.1) is 0 Å². The molecule has 2 unspecified atom stereocenters. The van der Waals surface area contributed by atoms with Gasteiger partial charge in [0.2, 0.25) is 0 Å². The van der Waals surface area contributed by atoms with E-state index < -0.39 is 7.92 Å². The van der Waals surface area contributed by atoms with Crippen molar-refractivity contribution in [2.24, 2.45) is 0 Å². The molecule has 0 aliphatic heterocycles. The van der Waals surface area contributed by atoms with E-state index in [0.717, 1.165) is 23.7 Å². The molecule has 4 rings (SSSR count). The first-order valence-electron chi connectivity index (χ1n) is 12.4. The molecule has 0 fully saturated rings. The van der Waals surface area contributed by atoms with Crippen LogP contribution >= 0.6 is 16.5 Å². The highest BCUT2D eigenvalue weighted by Gasteiger charge is 2.31. The van der Waals surface area contributed by atoms with Crippen LogP contribution < -0.4 is 15.9 Å². The molecule has 1 N–H and O–H groups in total. The Morgan fingerprint density at radius 2 is 1.37 bits per heavy atom. The van der Waals surface area contributed by atoms with Crippen molar-refractivity contribution in [3.63, 3.8) is 0 Å². The highest BCUT2D eigenvalue weighted by molar-refractivity contribution is 7.72. The molecule has 4 aromatic rings. The Morgan fingerprint density at radius 1 is 0.771 bits per heavy atom. The SMILES string of the molecule is CCC(C)(Pc1c(C)cccc1CP(c1ccccc1)c1ccccc1)c1cc(C)cc(C)c1O. The predicted octanol–water partition coefficient (Wildman–Crippen LogP) is 7.58.